The Balaban J connectivity index is 1.96. The highest BCUT2D eigenvalue weighted by molar-refractivity contribution is 7.89. The molecule has 0 unspecified atom stereocenters. The molecule has 1 N–H and O–H groups in total. The predicted octanol–water partition coefficient (Wildman–Crippen LogP) is 2.05. The lowest BCUT2D eigenvalue weighted by Gasteiger charge is -2.27. The number of benzene rings is 2. The molecule has 12 nitrogen and oxygen atoms in total. The molecule has 0 atom stereocenters. The Morgan fingerprint density at radius 2 is 1.82 bits per heavy atom. The van der Waals surface area contributed by atoms with Crippen molar-refractivity contribution < 1.29 is 37.1 Å². The zero-order valence-corrected chi connectivity index (χ0v) is 19.3. The molecule has 0 aromatic heterocycles. The van der Waals surface area contributed by atoms with Crippen molar-refractivity contribution in [2.45, 2.75) is 11.8 Å². The molecule has 0 radical (unpaired) electrons. The van der Waals surface area contributed by atoms with Crippen LogP contribution in [0.25, 0.3) is 0 Å². The van der Waals surface area contributed by atoms with Crippen LogP contribution in [-0.4, -0.2) is 69.5 Å². The van der Waals surface area contributed by atoms with Gasteiger partial charge in [0.25, 0.3) is 11.6 Å². The normalized spacial score (nSPS) is 14.3. The molecule has 2 aromatic carbocycles. The van der Waals surface area contributed by atoms with Gasteiger partial charge in [-0.15, -0.1) is 0 Å². The van der Waals surface area contributed by atoms with Gasteiger partial charge < -0.3 is 19.5 Å². The van der Waals surface area contributed by atoms with Crippen LogP contribution in [0.1, 0.15) is 27.6 Å². The number of carbonyl (C=O) groups is 2. The molecule has 1 aliphatic rings. The maximum atomic E-state index is 13.2. The number of nitrogens with zero attached hydrogens (tertiary/aromatic N) is 2. The van der Waals surface area contributed by atoms with Gasteiger partial charge in [0.1, 0.15) is 10.6 Å². The largest absolute Gasteiger partial charge is 0.492 e. The summed E-state index contributed by atoms with van der Waals surface area (Å²) >= 11 is 0. The van der Waals surface area contributed by atoms with Gasteiger partial charge in [-0.2, -0.15) is 4.31 Å². The van der Waals surface area contributed by atoms with E-state index in [1.807, 2.05) is 0 Å². The average Bonchev–Trinajstić information content (AvgIpc) is 2.84. The van der Waals surface area contributed by atoms with Crippen LogP contribution in [0.3, 0.4) is 0 Å². The standard InChI is InChI=1S/C21H23N3O9S/c1-3-33-18-5-4-16(13-19(18)34(29,30)23-6-8-32-9-7-23)22-20(25)14-10-15(21(26)31-2)12-17(11-14)24(27)28/h4-5,10-13H,3,6-9H2,1-2H3,(H,22,25). The first-order valence-electron chi connectivity index (χ1n) is 10.2. The number of sulfonamides is 1. The number of morpholine rings is 1. The highest BCUT2D eigenvalue weighted by Crippen LogP contribution is 2.31. The summed E-state index contributed by atoms with van der Waals surface area (Å²) in [5.74, 6) is -1.51. The summed E-state index contributed by atoms with van der Waals surface area (Å²) in [7, 11) is -2.84. The summed E-state index contributed by atoms with van der Waals surface area (Å²) in [5, 5.41) is 13.7. The van der Waals surface area contributed by atoms with Gasteiger partial charge in [-0.25, -0.2) is 13.2 Å². The number of esters is 1. The minimum atomic E-state index is -3.95. The van der Waals surface area contributed by atoms with Crippen molar-refractivity contribution in [3.05, 3.63) is 57.6 Å². The van der Waals surface area contributed by atoms with Gasteiger partial charge in [-0.1, -0.05) is 0 Å². The fourth-order valence-electron chi connectivity index (χ4n) is 3.27. The first-order valence-corrected chi connectivity index (χ1v) is 11.6. The number of non-ortho nitro benzene ring substituents is 1. The van der Waals surface area contributed by atoms with Gasteiger partial charge in [-0.05, 0) is 31.2 Å². The summed E-state index contributed by atoms with van der Waals surface area (Å²) < 4.78 is 43.0. The molecular formula is C21H23N3O9S. The lowest BCUT2D eigenvalue weighted by molar-refractivity contribution is -0.384. The molecule has 1 fully saturated rings. The van der Waals surface area contributed by atoms with E-state index >= 15 is 0 Å². The number of nitro groups is 1. The van der Waals surface area contributed by atoms with Crippen LogP contribution in [0.15, 0.2) is 41.3 Å². The number of hydrogen-bond acceptors (Lipinski definition) is 9. The number of carbonyl (C=O) groups excluding carboxylic acids is 2. The fraction of sp³-hybridized carbons (Fsp3) is 0.333. The van der Waals surface area contributed by atoms with Gasteiger partial charge in [0, 0.05) is 36.5 Å². The molecule has 13 heteroatoms. The zero-order valence-electron chi connectivity index (χ0n) is 18.5. The number of rotatable bonds is 8. The van der Waals surface area contributed by atoms with E-state index in [0.717, 1.165) is 25.3 Å². The number of nitro benzene ring substituents is 1. The van der Waals surface area contributed by atoms with Gasteiger partial charge in [0.15, 0.2) is 0 Å². The molecule has 34 heavy (non-hydrogen) atoms. The van der Waals surface area contributed by atoms with E-state index < -0.39 is 32.5 Å². The summed E-state index contributed by atoms with van der Waals surface area (Å²) in [5.41, 5.74) is -0.716. The van der Waals surface area contributed by atoms with E-state index in [2.05, 4.69) is 10.1 Å². The third kappa shape index (κ3) is 5.50. The first kappa shape index (κ1) is 25.1. The van der Waals surface area contributed by atoms with Crippen LogP contribution in [-0.2, 0) is 19.5 Å². The number of methoxy groups -OCH3 is 1. The highest BCUT2D eigenvalue weighted by atomic mass is 32.2. The Kier molecular flexibility index (Phi) is 7.81. The molecule has 2 aromatic rings. The average molecular weight is 493 g/mol. The van der Waals surface area contributed by atoms with Crippen molar-refractivity contribution in [3.8, 4) is 5.75 Å². The Bertz CT molecular complexity index is 1210. The van der Waals surface area contributed by atoms with Crippen LogP contribution in [0, 0.1) is 10.1 Å². The molecule has 0 bridgehead atoms. The van der Waals surface area contributed by atoms with Crippen molar-refractivity contribution in [1.82, 2.24) is 4.31 Å². The summed E-state index contributed by atoms with van der Waals surface area (Å²) in [4.78, 5) is 35.0. The van der Waals surface area contributed by atoms with Crippen molar-refractivity contribution in [1.29, 1.82) is 0 Å². The van der Waals surface area contributed by atoms with E-state index in [4.69, 9.17) is 9.47 Å². The second kappa shape index (κ2) is 10.6. The molecule has 3 rings (SSSR count). The molecule has 0 saturated carbocycles. The van der Waals surface area contributed by atoms with Gasteiger partial charge >= 0.3 is 5.97 Å². The highest BCUT2D eigenvalue weighted by Gasteiger charge is 2.30. The Morgan fingerprint density at radius 3 is 2.44 bits per heavy atom. The van der Waals surface area contributed by atoms with Crippen molar-refractivity contribution >= 4 is 33.3 Å². The third-order valence-corrected chi connectivity index (χ3v) is 6.82. The number of anilines is 1. The minimum Gasteiger partial charge on any atom is -0.492 e. The van der Waals surface area contributed by atoms with E-state index in [1.54, 1.807) is 6.92 Å². The monoisotopic (exact) mass is 493 g/mol. The molecule has 0 spiro atoms. The minimum absolute atomic E-state index is 0.117. The Morgan fingerprint density at radius 1 is 1.15 bits per heavy atom. The number of amides is 1. The van der Waals surface area contributed by atoms with Gasteiger partial charge in [0.05, 0.1) is 37.4 Å². The summed E-state index contributed by atoms with van der Waals surface area (Å²) in [6.07, 6.45) is 0. The Labute approximate surface area is 195 Å². The molecule has 1 aliphatic heterocycles. The fourth-order valence-corrected chi connectivity index (χ4v) is 4.84. The van der Waals surface area contributed by atoms with Gasteiger partial charge in [-0.3, -0.25) is 14.9 Å². The van der Waals surface area contributed by atoms with Crippen LogP contribution in [0.2, 0.25) is 0 Å². The number of nitrogens with one attached hydrogen (secondary N) is 1. The van der Waals surface area contributed by atoms with Crippen molar-refractivity contribution in [2.75, 3.05) is 45.3 Å². The van der Waals surface area contributed by atoms with Crippen molar-refractivity contribution in [2.24, 2.45) is 0 Å². The topological polar surface area (TPSA) is 154 Å². The SMILES string of the molecule is CCOc1ccc(NC(=O)c2cc(C(=O)OC)cc([N+](=O)[O-])c2)cc1S(=O)(=O)N1CCOCC1. The lowest BCUT2D eigenvalue weighted by Crippen LogP contribution is -2.40. The van der Waals surface area contributed by atoms with E-state index in [0.29, 0.717) is 0 Å². The van der Waals surface area contributed by atoms with Crippen molar-refractivity contribution in [3.63, 3.8) is 0 Å². The molecule has 182 valence electrons. The smallest absolute Gasteiger partial charge is 0.338 e. The maximum Gasteiger partial charge on any atom is 0.338 e. The predicted molar refractivity (Wildman–Crippen MR) is 120 cm³/mol. The van der Waals surface area contributed by atoms with E-state index in [-0.39, 0.29) is 60.4 Å². The number of ether oxygens (including phenoxy) is 3. The first-order chi connectivity index (χ1) is 16.2. The quantitative estimate of drug-likeness (QED) is 0.330. The van der Waals surface area contributed by atoms with Crippen LogP contribution in [0.5, 0.6) is 5.75 Å². The molecule has 1 saturated heterocycles. The van der Waals surface area contributed by atoms with Crippen LogP contribution < -0.4 is 10.1 Å². The molecule has 1 amide bonds. The zero-order chi connectivity index (χ0) is 24.9. The van der Waals surface area contributed by atoms with Crippen LogP contribution in [0.4, 0.5) is 11.4 Å². The van der Waals surface area contributed by atoms with Gasteiger partial charge in [0.2, 0.25) is 10.0 Å². The second-order valence-electron chi connectivity index (χ2n) is 7.08. The summed E-state index contributed by atoms with van der Waals surface area (Å²) in [6, 6.07) is 7.26. The Hall–Kier alpha value is -3.55. The molecule has 1 heterocycles. The van der Waals surface area contributed by atoms with Crippen LogP contribution >= 0.6 is 0 Å². The maximum absolute atomic E-state index is 13.2. The third-order valence-electron chi connectivity index (χ3n) is 4.90. The molecular weight excluding hydrogens is 470 g/mol. The van der Waals surface area contributed by atoms with E-state index in [9.17, 15) is 28.1 Å². The molecule has 0 aliphatic carbocycles. The lowest BCUT2D eigenvalue weighted by atomic mass is 10.1. The van der Waals surface area contributed by atoms with E-state index in [1.165, 1.54) is 22.5 Å². The number of hydrogen-bond donors (Lipinski definition) is 1. The summed E-state index contributed by atoms with van der Waals surface area (Å²) in [6.45, 7) is 2.80. The second-order valence-corrected chi connectivity index (χ2v) is 8.99.